The minimum atomic E-state index is -5.69. The molecule has 0 aromatic rings. The van der Waals surface area contributed by atoms with Gasteiger partial charge in [-0.2, -0.15) is 0 Å². The van der Waals surface area contributed by atoms with E-state index in [0.717, 1.165) is 0 Å². The lowest BCUT2D eigenvalue weighted by molar-refractivity contribution is -0.692. The van der Waals surface area contributed by atoms with Crippen LogP contribution in [0.3, 0.4) is 0 Å². The Morgan fingerprint density at radius 3 is 1.21 bits per heavy atom. The molecule has 12 unspecified atom stereocenters. The fraction of sp³-hybridized carbons (Fsp3) is 1.00. The maximum atomic E-state index is 11.5. The van der Waals surface area contributed by atoms with Gasteiger partial charge in [0, 0.05) is 0 Å². The summed E-state index contributed by atoms with van der Waals surface area (Å²) in [4.78, 5) is 30.6. The highest BCUT2D eigenvalue weighted by Crippen LogP contribution is 2.36. The van der Waals surface area contributed by atoms with E-state index in [9.17, 15) is 106 Å². The van der Waals surface area contributed by atoms with Gasteiger partial charge in [0.25, 0.3) is 0 Å². The molecule has 0 aliphatic carbocycles. The molecule has 36 nitrogen and oxygen atoms in total. The van der Waals surface area contributed by atoms with Crippen molar-refractivity contribution < 1.29 is 173 Å². The van der Waals surface area contributed by atoms with Gasteiger partial charge in [-0.25, -0.2) is 5.90 Å². The first-order chi connectivity index (χ1) is 34.4. The summed E-state index contributed by atoms with van der Waals surface area (Å²) >= 11 is 0. The first-order valence-electron chi connectivity index (χ1n) is 22.2. The van der Waals surface area contributed by atoms with Gasteiger partial charge in [-0.1, -0.05) is 0 Å². The summed E-state index contributed by atoms with van der Waals surface area (Å²) in [5.41, 5.74) is 0. The molecule has 0 aromatic heterocycles. The maximum absolute atomic E-state index is 11.5. The Balaban J connectivity index is 1.14. The van der Waals surface area contributed by atoms with Crippen LogP contribution >= 0.6 is 7.82 Å². The van der Waals surface area contributed by atoms with Gasteiger partial charge >= 0.3 is 0 Å². The molecule has 6 heterocycles. The Kier molecular flexibility index (Phi) is 21.9. The Morgan fingerprint density at radius 2 is 0.740 bits per heavy atom. The molecule has 0 bridgehead atoms. The third-order valence-electron chi connectivity index (χ3n) is 12.8. The number of aliphatic hydroxyl groups excluding tert-OH is 17. The highest BCUT2D eigenvalue weighted by Gasteiger charge is 2.56. The largest absolute Gasteiger partial charge is 0.790 e. The number of rotatable bonds is 20. The van der Waals surface area contributed by atoms with Crippen molar-refractivity contribution >= 4 is 7.82 Å². The van der Waals surface area contributed by atoms with E-state index in [1.54, 1.807) is 0 Å². The van der Waals surface area contributed by atoms with E-state index >= 15 is 0 Å². The van der Waals surface area contributed by atoms with E-state index in [1.165, 1.54) is 0 Å². The lowest BCUT2D eigenvalue weighted by Gasteiger charge is -2.48. The molecule has 19 N–H and O–H groups in total. The molecule has 6 fully saturated rings. The monoisotopic (exact) mass is 1100 g/mol. The molecule has 73 heavy (non-hydrogen) atoms. The second-order valence-corrected chi connectivity index (χ2v) is 18.8. The van der Waals surface area contributed by atoms with Crippen LogP contribution in [0.15, 0.2) is 0 Å². The Morgan fingerprint density at radius 1 is 0.384 bits per heavy atom. The van der Waals surface area contributed by atoms with Crippen LogP contribution in [0.1, 0.15) is 0 Å². The zero-order valence-electron chi connectivity index (χ0n) is 37.5. The van der Waals surface area contributed by atoms with Crippen LogP contribution in [0.2, 0.25) is 0 Å². The third kappa shape index (κ3) is 13.8. The van der Waals surface area contributed by atoms with Crippen LogP contribution in [-0.4, -0.2) is 311 Å². The molecule has 0 spiro atoms. The van der Waals surface area contributed by atoms with Gasteiger partial charge in [0.1, 0.15) is 146 Å². The Labute approximate surface area is 410 Å². The summed E-state index contributed by atoms with van der Waals surface area (Å²) in [7, 11) is -5.69. The van der Waals surface area contributed by atoms with E-state index < -0.39 is 232 Å². The highest BCUT2D eigenvalue weighted by atomic mass is 31.2. The van der Waals surface area contributed by atoms with Gasteiger partial charge in [-0.3, -0.25) is 4.84 Å². The van der Waals surface area contributed by atoms with Crippen LogP contribution in [0.5, 0.6) is 0 Å². The van der Waals surface area contributed by atoms with Gasteiger partial charge in [-0.15, -0.1) is 0 Å². The van der Waals surface area contributed by atoms with E-state index in [1.807, 2.05) is 0 Å². The van der Waals surface area contributed by atoms with Crippen molar-refractivity contribution in [2.75, 3.05) is 39.6 Å². The van der Waals surface area contributed by atoms with Crippen molar-refractivity contribution in [3.63, 3.8) is 0 Å². The summed E-state index contributed by atoms with van der Waals surface area (Å²) in [6, 6.07) is 0. The van der Waals surface area contributed by atoms with Crippen molar-refractivity contribution in [1.82, 2.24) is 0 Å². The quantitative estimate of drug-likeness (QED) is 0.0306. The lowest BCUT2D eigenvalue weighted by atomic mass is 9.96. The maximum Gasteiger partial charge on any atom is 0.206 e. The number of phosphoric acid groups is 1. The Hall–Kier alpha value is -1.17. The van der Waals surface area contributed by atoms with Gasteiger partial charge in [0.15, 0.2) is 31.5 Å². The van der Waals surface area contributed by atoms with Crippen molar-refractivity contribution in [1.29, 1.82) is 0 Å². The molecule has 30 atom stereocenters. The average Bonchev–Trinajstić information content (AvgIpc) is 3.35. The molecule has 6 rings (SSSR count). The summed E-state index contributed by atoms with van der Waals surface area (Å²) < 4.78 is 76.3. The third-order valence-corrected chi connectivity index (χ3v) is 13.2. The minimum absolute atomic E-state index is 0.857. The summed E-state index contributed by atoms with van der Waals surface area (Å²) in [6.07, 6.45) is -59.5. The zero-order chi connectivity index (χ0) is 54.0. The first kappa shape index (κ1) is 61.0. The van der Waals surface area contributed by atoms with Crippen molar-refractivity contribution in [3.05, 3.63) is 0 Å². The van der Waals surface area contributed by atoms with Gasteiger partial charge < -0.3 is 168 Å². The predicted molar refractivity (Wildman–Crippen MR) is 208 cm³/mol. The second kappa shape index (κ2) is 26.2. The molecule has 0 saturated carbocycles. The van der Waals surface area contributed by atoms with Crippen LogP contribution < -0.4 is 20.9 Å². The fourth-order valence-electron chi connectivity index (χ4n) is 8.56. The van der Waals surface area contributed by atoms with E-state index in [4.69, 9.17) is 58.0 Å². The molecular formula is C36H61NO35P-3. The Bertz CT molecular complexity index is 1730. The van der Waals surface area contributed by atoms with Gasteiger partial charge in [0.05, 0.1) is 47.5 Å². The summed E-state index contributed by atoms with van der Waals surface area (Å²) in [5.74, 6) is 5.34. The normalized spacial score (nSPS) is 50.2. The summed E-state index contributed by atoms with van der Waals surface area (Å²) in [5, 5.41) is 192. The number of hydrogen-bond donors (Lipinski definition) is 18. The fourth-order valence-corrected chi connectivity index (χ4v) is 8.89. The van der Waals surface area contributed by atoms with E-state index in [2.05, 4.69) is 14.2 Å². The van der Waals surface area contributed by atoms with E-state index in [0.29, 0.717) is 0 Å². The van der Waals surface area contributed by atoms with Crippen LogP contribution in [-0.2, 0) is 70.9 Å². The molecule has 37 heteroatoms. The van der Waals surface area contributed by atoms with Crippen LogP contribution in [0.4, 0.5) is 0 Å². The summed E-state index contributed by atoms with van der Waals surface area (Å²) in [6.45, 7) is -5.82. The molecule has 6 aliphatic rings. The van der Waals surface area contributed by atoms with Crippen LogP contribution in [0.25, 0.3) is 0 Å². The smallest absolute Gasteiger partial charge is 0.206 e. The predicted octanol–water partition coefficient (Wildman–Crippen LogP) is -16.0. The molecular weight excluding hydrogens is 1040 g/mol. The lowest BCUT2D eigenvalue weighted by Crippen LogP contribution is -2.67. The van der Waals surface area contributed by atoms with Gasteiger partial charge in [0.2, 0.25) is 6.29 Å². The molecule has 0 aromatic carbocycles. The van der Waals surface area contributed by atoms with Crippen LogP contribution in [0, 0.1) is 0 Å². The van der Waals surface area contributed by atoms with Crippen molar-refractivity contribution in [2.24, 2.45) is 5.90 Å². The highest BCUT2D eigenvalue weighted by molar-refractivity contribution is 7.43. The first-order valence-corrected chi connectivity index (χ1v) is 23.7. The number of nitrogens with two attached hydrogens (primary N) is 1. The number of aliphatic hydroxyl groups is 17. The number of ether oxygens (including phenoxy) is 11. The SMILES string of the molecule is NO[C@@H]1OC(CO[C@H]2OC(CO[C@H]3OC(CO)[C@@H](O)[C@H](O)C3O[C@@H]3OC(CO[O-])[C@@H](O)[C@H](O)C3O)[C@@H](O)[C@H](O)C2O)[C@@H](O)[C@H](O[C@H]2OC(CO)[C@@H](O)[C@H](O)C2O[C@H]2OC(COP(=O)([O-])[O-])[C@@H](O)[C@H](O)C2O)C1O. The topological polar surface area (TPSA) is 585 Å². The molecule has 6 aliphatic heterocycles. The molecule has 0 radical (unpaired) electrons. The molecule has 0 amide bonds. The number of hydrogen-bond acceptors (Lipinski definition) is 36. The van der Waals surface area contributed by atoms with Gasteiger partial charge in [-0.05, 0) is 0 Å². The molecule has 428 valence electrons. The minimum Gasteiger partial charge on any atom is -0.790 e. The van der Waals surface area contributed by atoms with Crippen molar-refractivity contribution in [3.8, 4) is 0 Å². The molecule has 6 saturated heterocycles. The zero-order valence-corrected chi connectivity index (χ0v) is 38.4. The average molecular weight is 1100 g/mol. The van der Waals surface area contributed by atoms with E-state index in [-0.39, 0.29) is 0 Å². The van der Waals surface area contributed by atoms with Crippen molar-refractivity contribution in [2.45, 2.75) is 184 Å². The second-order valence-electron chi connectivity index (χ2n) is 17.6. The number of phosphoric ester groups is 1. The standard InChI is InChI=1S/C36H64NO35P/c37-72-34-27(54)28(69-36-30(23(50)14(41)8(2-39)64-36)71-33-26(53)21(48)17(44)12(67-33)6-62-73(56,57)58)18(45)10(68-34)4-59-31-24(51)19(46)15(42)9(65-31)3-60-35-29(22(49)13(40)7(1-38)63-35)70-32-25(52)20(47)16(43)11(66-32)5-61-55/h7-36,38-55H,1-6,37H2,(H2,56,57,58)/p-3/t7?,8?,9?,10?,11?,12?,13-,14-,15-,16-,17-,18-,19+,20+,21+,22+,23+,24?,25?,26?,27?,28+,29?,30?,31+,32+,33-,34+,35+,36-/m1/s1.